The summed E-state index contributed by atoms with van der Waals surface area (Å²) in [5.74, 6) is -1.34. The van der Waals surface area contributed by atoms with Crippen molar-refractivity contribution in [2.45, 2.75) is 38.5 Å². The maximum Gasteiger partial charge on any atom is 0.310 e. The molecule has 21 heavy (non-hydrogen) atoms. The predicted molar refractivity (Wildman–Crippen MR) is 74.2 cm³/mol. The van der Waals surface area contributed by atoms with Gasteiger partial charge in [0, 0.05) is 25.3 Å². The molecule has 1 aromatic rings. The summed E-state index contributed by atoms with van der Waals surface area (Å²) in [6.07, 6.45) is 2.28. The number of hydrogen-bond acceptors (Lipinski definition) is 5. The van der Waals surface area contributed by atoms with Crippen molar-refractivity contribution < 1.29 is 24.7 Å². The molecule has 0 aromatic heterocycles. The number of unbranched alkanes of at least 4 members (excludes halogenated alkanes) is 2. The van der Waals surface area contributed by atoms with E-state index in [9.17, 15) is 24.8 Å². The lowest BCUT2D eigenvalue weighted by atomic mass is 10.0. The molecule has 0 atom stereocenters. The minimum Gasteiger partial charge on any atom is -0.502 e. The molecule has 0 amide bonds. The van der Waals surface area contributed by atoms with E-state index in [2.05, 4.69) is 0 Å². The molecule has 114 valence electrons. The third-order valence-electron chi connectivity index (χ3n) is 2.98. The van der Waals surface area contributed by atoms with Gasteiger partial charge >= 0.3 is 11.7 Å². The van der Waals surface area contributed by atoms with Crippen LogP contribution < -0.4 is 0 Å². The van der Waals surface area contributed by atoms with Crippen molar-refractivity contribution in [1.82, 2.24) is 0 Å². The Balaban J connectivity index is 2.43. The zero-order chi connectivity index (χ0) is 15.8. The Kier molecular flexibility index (Phi) is 6.32. The summed E-state index contributed by atoms with van der Waals surface area (Å²) in [6.45, 7) is 0. The molecule has 0 saturated heterocycles. The molecule has 0 aliphatic rings. The Morgan fingerprint density at radius 1 is 1.14 bits per heavy atom. The first kappa shape index (κ1) is 16.6. The minimum atomic E-state index is -0.849. The average Bonchev–Trinajstić information content (AvgIpc) is 2.40. The highest BCUT2D eigenvalue weighted by atomic mass is 16.6. The van der Waals surface area contributed by atoms with E-state index in [-0.39, 0.29) is 18.6 Å². The molecule has 1 aromatic carbocycles. The Bertz CT molecular complexity index is 540. The molecule has 0 heterocycles. The van der Waals surface area contributed by atoms with Crippen LogP contribution in [0.5, 0.6) is 5.75 Å². The quantitative estimate of drug-likeness (QED) is 0.410. The summed E-state index contributed by atoms with van der Waals surface area (Å²) in [7, 11) is 0. The van der Waals surface area contributed by atoms with E-state index in [1.54, 1.807) is 0 Å². The Morgan fingerprint density at radius 2 is 1.81 bits per heavy atom. The number of nitro benzene ring substituents is 1. The second-order valence-electron chi connectivity index (χ2n) is 4.75. The highest BCUT2D eigenvalue weighted by Gasteiger charge is 2.14. The van der Waals surface area contributed by atoms with Gasteiger partial charge in [0.1, 0.15) is 5.78 Å². The van der Waals surface area contributed by atoms with Crippen LogP contribution in [0, 0.1) is 10.1 Å². The van der Waals surface area contributed by atoms with E-state index < -0.39 is 22.3 Å². The summed E-state index contributed by atoms with van der Waals surface area (Å²) in [4.78, 5) is 32.0. The van der Waals surface area contributed by atoms with Crippen LogP contribution in [-0.2, 0) is 16.0 Å². The maximum atomic E-state index is 11.7. The standard InChI is InChI=1S/C14H17NO6/c16-11(4-2-1-3-5-14(18)19)8-10-6-7-13(17)12(9-10)15(20)21/h6-7,9,17H,1-5,8H2,(H,18,19). The van der Waals surface area contributed by atoms with Crippen LogP contribution in [-0.4, -0.2) is 26.9 Å². The number of carbonyl (C=O) groups is 2. The number of carbonyl (C=O) groups excluding carboxylic acids is 1. The first-order chi connectivity index (χ1) is 9.90. The number of rotatable bonds is 9. The van der Waals surface area contributed by atoms with E-state index in [1.807, 2.05) is 0 Å². The second-order valence-corrected chi connectivity index (χ2v) is 4.75. The fraction of sp³-hybridized carbons (Fsp3) is 0.429. The number of nitro groups is 1. The van der Waals surface area contributed by atoms with Crippen LogP contribution in [0.15, 0.2) is 18.2 Å². The van der Waals surface area contributed by atoms with Gasteiger partial charge in [-0.2, -0.15) is 0 Å². The Hall–Kier alpha value is -2.44. The van der Waals surface area contributed by atoms with Gasteiger partial charge in [-0.3, -0.25) is 19.7 Å². The summed E-state index contributed by atoms with van der Waals surface area (Å²) in [6, 6.07) is 3.87. The number of phenolic OH excluding ortho intramolecular Hbond substituents is 1. The largest absolute Gasteiger partial charge is 0.502 e. The molecule has 1 rings (SSSR count). The molecule has 0 bridgehead atoms. The SMILES string of the molecule is O=C(O)CCCCCC(=O)Cc1ccc(O)c([N+](=O)[O-])c1. The zero-order valence-corrected chi connectivity index (χ0v) is 11.4. The van der Waals surface area contributed by atoms with Crippen molar-refractivity contribution in [3.8, 4) is 5.75 Å². The first-order valence-electron chi connectivity index (χ1n) is 6.60. The number of carboxylic acid groups (broad SMARTS) is 1. The van der Waals surface area contributed by atoms with Crippen LogP contribution in [0.25, 0.3) is 0 Å². The normalized spacial score (nSPS) is 10.3. The van der Waals surface area contributed by atoms with Crippen molar-refractivity contribution in [3.05, 3.63) is 33.9 Å². The molecule has 2 N–H and O–H groups in total. The van der Waals surface area contributed by atoms with Gasteiger partial charge in [-0.05, 0) is 24.5 Å². The summed E-state index contributed by atoms with van der Waals surface area (Å²) >= 11 is 0. The van der Waals surface area contributed by atoms with Gasteiger partial charge in [-0.25, -0.2) is 0 Å². The fourth-order valence-electron chi connectivity index (χ4n) is 1.92. The van der Waals surface area contributed by atoms with Gasteiger partial charge in [0.15, 0.2) is 5.75 Å². The number of aromatic hydroxyl groups is 1. The number of carboxylic acids is 1. The molecule has 0 unspecified atom stereocenters. The number of benzene rings is 1. The lowest BCUT2D eigenvalue weighted by Crippen LogP contribution is -2.03. The topological polar surface area (TPSA) is 118 Å². The van der Waals surface area contributed by atoms with Crippen molar-refractivity contribution in [3.63, 3.8) is 0 Å². The number of hydrogen-bond donors (Lipinski definition) is 2. The number of nitrogens with zero attached hydrogens (tertiary/aromatic N) is 1. The van der Waals surface area contributed by atoms with E-state index in [1.165, 1.54) is 18.2 Å². The van der Waals surface area contributed by atoms with Crippen molar-refractivity contribution in [2.24, 2.45) is 0 Å². The lowest BCUT2D eigenvalue weighted by molar-refractivity contribution is -0.385. The number of aliphatic carboxylic acids is 1. The second kappa shape index (κ2) is 7.98. The Labute approximate surface area is 121 Å². The summed E-state index contributed by atoms with van der Waals surface area (Å²) in [5, 5.41) is 28.4. The Morgan fingerprint density at radius 3 is 2.43 bits per heavy atom. The van der Waals surface area contributed by atoms with Crippen LogP contribution in [0.1, 0.15) is 37.7 Å². The molecular formula is C14H17NO6. The molecule has 0 aliphatic carbocycles. The van der Waals surface area contributed by atoms with Crippen molar-refractivity contribution >= 4 is 17.4 Å². The van der Waals surface area contributed by atoms with E-state index >= 15 is 0 Å². The van der Waals surface area contributed by atoms with Crippen LogP contribution in [0.4, 0.5) is 5.69 Å². The molecule has 0 radical (unpaired) electrons. The van der Waals surface area contributed by atoms with Crippen molar-refractivity contribution in [2.75, 3.05) is 0 Å². The number of phenols is 1. The van der Waals surface area contributed by atoms with Crippen LogP contribution in [0.3, 0.4) is 0 Å². The van der Waals surface area contributed by atoms with E-state index in [4.69, 9.17) is 5.11 Å². The lowest BCUT2D eigenvalue weighted by Gasteiger charge is -2.03. The van der Waals surface area contributed by atoms with Gasteiger partial charge in [0.2, 0.25) is 0 Å². The number of Topliss-reactive ketones (excluding diaryl/α,β-unsaturated/α-hetero) is 1. The average molecular weight is 295 g/mol. The monoisotopic (exact) mass is 295 g/mol. The van der Waals surface area contributed by atoms with E-state index in [0.717, 1.165) is 0 Å². The molecular weight excluding hydrogens is 278 g/mol. The highest BCUT2D eigenvalue weighted by Crippen LogP contribution is 2.26. The predicted octanol–water partition coefficient (Wildman–Crippen LogP) is 2.45. The maximum absolute atomic E-state index is 11.7. The fourth-order valence-corrected chi connectivity index (χ4v) is 1.92. The third-order valence-corrected chi connectivity index (χ3v) is 2.98. The third kappa shape index (κ3) is 6.03. The number of ketones is 1. The van der Waals surface area contributed by atoms with Crippen molar-refractivity contribution in [1.29, 1.82) is 0 Å². The molecule has 7 nitrogen and oxygen atoms in total. The van der Waals surface area contributed by atoms with Crippen LogP contribution in [0.2, 0.25) is 0 Å². The van der Waals surface area contributed by atoms with Gasteiger partial charge in [-0.15, -0.1) is 0 Å². The molecule has 0 fully saturated rings. The van der Waals surface area contributed by atoms with Gasteiger partial charge < -0.3 is 10.2 Å². The molecule has 7 heteroatoms. The highest BCUT2D eigenvalue weighted by molar-refractivity contribution is 5.81. The minimum absolute atomic E-state index is 0.0645. The van der Waals surface area contributed by atoms with Gasteiger partial charge in [0.05, 0.1) is 4.92 Å². The molecule has 0 spiro atoms. The first-order valence-corrected chi connectivity index (χ1v) is 6.60. The zero-order valence-electron chi connectivity index (χ0n) is 11.4. The summed E-state index contributed by atoms with van der Waals surface area (Å²) < 4.78 is 0. The molecule has 0 aliphatic heterocycles. The summed E-state index contributed by atoms with van der Waals surface area (Å²) in [5.41, 5.74) is 0.0665. The molecule has 0 saturated carbocycles. The van der Waals surface area contributed by atoms with Gasteiger partial charge in [0.25, 0.3) is 0 Å². The van der Waals surface area contributed by atoms with Crippen LogP contribution >= 0.6 is 0 Å². The van der Waals surface area contributed by atoms with E-state index in [0.29, 0.717) is 31.2 Å². The van der Waals surface area contributed by atoms with Gasteiger partial charge in [-0.1, -0.05) is 12.5 Å². The smallest absolute Gasteiger partial charge is 0.310 e.